The zero-order chi connectivity index (χ0) is 11.8. The van der Waals surface area contributed by atoms with Crippen molar-refractivity contribution >= 4 is 0 Å². The van der Waals surface area contributed by atoms with E-state index in [9.17, 15) is 5.11 Å². The minimum Gasteiger partial charge on any atom is -0.504 e. The number of aromatic hydroxyl groups is 1. The van der Waals surface area contributed by atoms with Gasteiger partial charge in [0.05, 0.1) is 5.69 Å². The molecule has 1 rings (SSSR count). The van der Waals surface area contributed by atoms with Crippen LogP contribution in [0.5, 0.6) is 5.75 Å². The molecule has 0 aromatic carbocycles. The molecule has 1 aromatic rings. The maximum absolute atomic E-state index is 10.2. The van der Waals surface area contributed by atoms with E-state index in [1.54, 1.807) is 0 Å². The van der Waals surface area contributed by atoms with Crippen molar-refractivity contribution in [3.8, 4) is 5.75 Å². The van der Waals surface area contributed by atoms with Crippen LogP contribution >= 0.6 is 0 Å². The maximum Gasteiger partial charge on any atom is 0.160 e. The summed E-state index contributed by atoms with van der Waals surface area (Å²) in [5, 5.41) is 14.6. The Bertz CT molecular complexity index is 345. The average Bonchev–Trinajstić information content (AvgIpc) is 2.41. The van der Waals surface area contributed by atoms with Gasteiger partial charge in [0.15, 0.2) is 5.75 Å². The van der Waals surface area contributed by atoms with E-state index in [2.05, 4.69) is 39.7 Å². The summed E-state index contributed by atoms with van der Waals surface area (Å²) in [5.74, 6) is 0.637. The van der Waals surface area contributed by atoms with Crippen LogP contribution in [0.3, 0.4) is 0 Å². The second-order valence-corrected chi connectivity index (χ2v) is 5.30. The van der Waals surface area contributed by atoms with E-state index in [0.717, 1.165) is 17.9 Å². The van der Waals surface area contributed by atoms with Crippen molar-refractivity contribution < 1.29 is 5.11 Å². The number of hydrogen-bond acceptors (Lipinski definition) is 2. The summed E-state index contributed by atoms with van der Waals surface area (Å²) in [5.41, 5.74) is 1.68. The van der Waals surface area contributed by atoms with E-state index in [-0.39, 0.29) is 11.3 Å². The second-order valence-electron chi connectivity index (χ2n) is 5.30. The van der Waals surface area contributed by atoms with Gasteiger partial charge in [0, 0.05) is 17.9 Å². The Morgan fingerprint density at radius 2 is 1.87 bits per heavy atom. The number of nitrogens with zero attached hydrogens (tertiary/aromatic N) is 2. The Labute approximate surface area is 92.1 Å². The summed E-state index contributed by atoms with van der Waals surface area (Å²) < 4.78 is 1.91. The normalized spacial score (nSPS) is 12.5. The summed E-state index contributed by atoms with van der Waals surface area (Å²) in [6, 6.07) is 0. The van der Waals surface area contributed by atoms with Gasteiger partial charge in [-0.1, -0.05) is 34.6 Å². The predicted molar refractivity (Wildman–Crippen MR) is 62.4 cm³/mol. The number of hydrogen-bond donors (Lipinski definition) is 1. The highest BCUT2D eigenvalue weighted by Crippen LogP contribution is 2.36. The van der Waals surface area contributed by atoms with Crippen LogP contribution in [0, 0.1) is 0 Å². The predicted octanol–water partition coefficient (Wildman–Crippen LogP) is 3.03. The molecule has 1 N–H and O–H groups in total. The van der Waals surface area contributed by atoms with Gasteiger partial charge in [-0.15, -0.1) is 0 Å². The molecule has 15 heavy (non-hydrogen) atoms. The quantitative estimate of drug-likeness (QED) is 0.814. The van der Waals surface area contributed by atoms with Gasteiger partial charge in [0.25, 0.3) is 0 Å². The monoisotopic (exact) mass is 210 g/mol. The standard InChI is InChI=1S/C12H22N2O/c1-7-14-11(12(4,5)6)10(15)9(13-14)8(2)3/h8,15H,7H2,1-6H3. The van der Waals surface area contributed by atoms with Crippen molar-refractivity contribution in [1.82, 2.24) is 9.78 Å². The molecular weight excluding hydrogens is 188 g/mol. The molecule has 0 spiro atoms. The zero-order valence-electron chi connectivity index (χ0n) is 10.6. The Balaban J connectivity index is 3.37. The van der Waals surface area contributed by atoms with E-state index in [1.165, 1.54) is 0 Å². The van der Waals surface area contributed by atoms with Gasteiger partial charge < -0.3 is 5.11 Å². The van der Waals surface area contributed by atoms with Crippen LogP contribution in [0.1, 0.15) is 58.8 Å². The third-order valence-electron chi connectivity index (χ3n) is 2.51. The summed E-state index contributed by atoms with van der Waals surface area (Å²) in [4.78, 5) is 0. The van der Waals surface area contributed by atoms with E-state index in [4.69, 9.17) is 0 Å². The second kappa shape index (κ2) is 3.87. The minimum absolute atomic E-state index is 0.0692. The van der Waals surface area contributed by atoms with Crippen molar-refractivity contribution in [2.75, 3.05) is 0 Å². The van der Waals surface area contributed by atoms with Gasteiger partial charge in [-0.25, -0.2) is 0 Å². The molecule has 0 amide bonds. The maximum atomic E-state index is 10.2. The molecule has 3 nitrogen and oxygen atoms in total. The molecule has 3 heteroatoms. The largest absolute Gasteiger partial charge is 0.504 e. The molecule has 0 bridgehead atoms. The van der Waals surface area contributed by atoms with Gasteiger partial charge in [-0.2, -0.15) is 5.10 Å². The van der Waals surface area contributed by atoms with Gasteiger partial charge in [0.2, 0.25) is 0 Å². The van der Waals surface area contributed by atoms with Crippen molar-refractivity contribution in [2.45, 2.75) is 59.4 Å². The van der Waals surface area contributed by atoms with Gasteiger partial charge in [-0.3, -0.25) is 4.68 Å². The molecule has 0 atom stereocenters. The lowest BCUT2D eigenvalue weighted by molar-refractivity contribution is 0.424. The summed E-state index contributed by atoms with van der Waals surface area (Å²) in [6.45, 7) is 13.2. The highest BCUT2D eigenvalue weighted by molar-refractivity contribution is 5.38. The summed E-state index contributed by atoms with van der Waals surface area (Å²) in [6.07, 6.45) is 0. The number of rotatable bonds is 2. The van der Waals surface area contributed by atoms with E-state index in [0.29, 0.717) is 5.75 Å². The Morgan fingerprint density at radius 3 is 2.13 bits per heavy atom. The van der Waals surface area contributed by atoms with Crippen LogP contribution in [0.25, 0.3) is 0 Å². The first kappa shape index (κ1) is 12.1. The Morgan fingerprint density at radius 1 is 1.33 bits per heavy atom. The molecule has 0 fully saturated rings. The van der Waals surface area contributed by atoms with E-state index >= 15 is 0 Å². The van der Waals surface area contributed by atoms with Gasteiger partial charge >= 0.3 is 0 Å². The zero-order valence-corrected chi connectivity index (χ0v) is 10.6. The average molecular weight is 210 g/mol. The van der Waals surface area contributed by atoms with E-state index in [1.807, 2.05) is 11.6 Å². The minimum atomic E-state index is -0.0692. The van der Waals surface area contributed by atoms with Crippen molar-refractivity contribution in [3.05, 3.63) is 11.4 Å². The molecule has 0 saturated heterocycles. The van der Waals surface area contributed by atoms with Crippen molar-refractivity contribution in [2.24, 2.45) is 0 Å². The first-order valence-corrected chi connectivity index (χ1v) is 5.59. The first-order valence-electron chi connectivity index (χ1n) is 5.59. The van der Waals surface area contributed by atoms with Crippen LogP contribution in [-0.2, 0) is 12.0 Å². The molecular formula is C12H22N2O. The Hall–Kier alpha value is -0.990. The lowest BCUT2D eigenvalue weighted by atomic mass is 9.90. The van der Waals surface area contributed by atoms with Crippen molar-refractivity contribution in [1.29, 1.82) is 0 Å². The molecule has 0 radical (unpaired) electrons. The van der Waals surface area contributed by atoms with Crippen LogP contribution in [0.2, 0.25) is 0 Å². The number of aromatic nitrogens is 2. The molecule has 0 aliphatic rings. The van der Waals surface area contributed by atoms with Crippen LogP contribution in [0.4, 0.5) is 0 Å². The molecule has 0 unspecified atom stereocenters. The summed E-state index contributed by atoms with van der Waals surface area (Å²) in [7, 11) is 0. The van der Waals surface area contributed by atoms with E-state index < -0.39 is 0 Å². The highest BCUT2D eigenvalue weighted by atomic mass is 16.3. The molecule has 1 heterocycles. The number of aryl methyl sites for hydroxylation is 1. The smallest absolute Gasteiger partial charge is 0.160 e. The lowest BCUT2D eigenvalue weighted by Gasteiger charge is -2.20. The lowest BCUT2D eigenvalue weighted by Crippen LogP contribution is -2.18. The molecule has 0 saturated carbocycles. The molecule has 0 aliphatic heterocycles. The first-order chi connectivity index (χ1) is 6.79. The van der Waals surface area contributed by atoms with Gasteiger partial charge in [0.1, 0.15) is 5.69 Å². The fourth-order valence-electron chi connectivity index (χ4n) is 1.83. The molecule has 86 valence electrons. The van der Waals surface area contributed by atoms with Crippen LogP contribution < -0.4 is 0 Å². The Kier molecular flexibility index (Phi) is 3.12. The highest BCUT2D eigenvalue weighted by Gasteiger charge is 2.27. The van der Waals surface area contributed by atoms with Gasteiger partial charge in [-0.05, 0) is 6.92 Å². The third kappa shape index (κ3) is 2.16. The fraction of sp³-hybridized carbons (Fsp3) is 0.750. The molecule has 1 aromatic heterocycles. The fourth-order valence-corrected chi connectivity index (χ4v) is 1.83. The third-order valence-corrected chi connectivity index (χ3v) is 2.51. The van der Waals surface area contributed by atoms with Crippen LogP contribution in [0.15, 0.2) is 0 Å². The van der Waals surface area contributed by atoms with Crippen LogP contribution in [-0.4, -0.2) is 14.9 Å². The SMILES string of the molecule is CCn1nc(C(C)C)c(O)c1C(C)(C)C. The topological polar surface area (TPSA) is 38.0 Å². The molecule has 0 aliphatic carbocycles. The van der Waals surface area contributed by atoms with Crippen molar-refractivity contribution in [3.63, 3.8) is 0 Å². The summed E-state index contributed by atoms with van der Waals surface area (Å²) >= 11 is 0.